The third kappa shape index (κ3) is 3.10. The Balaban J connectivity index is 2.17. The first kappa shape index (κ1) is 13.1. The van der Waals surface area contributed by atoms with E-state index in [0.29, 0.717) is 0 Å². The average molecular weight is 259 g/mol. The summed E-state index contributed by atoms with van der Waals surface area (Å²) in [5.74, 6) is 0.893. The molecule has 0 aliphatic heterocycles. The van der Waals surface area contributed by atoms with Gasteiger partial charge < -0.3 is 20.3 Å². The van der Waals surface area contributed by atoms with Crippen molar-refractivity contribution in [1.29, 1.82) is 0 Å². The number of ether oxygens (including phenoxy) is 1. The average Bonchev–Trinajstić information content (AvgIpc) is 2.38. The molecule has 1 unspecified atom stereocenters. The number of methoxy groups -OCH3 is 1. The highest BCUT2D eigenvalue weighted by atomic mass is 16.5. The van der Waals surface area contributed by atoms with Crippen molar-refractivity contribution >= 4 is 5.69 Å². The Bertz CT molecular complexity index is 569. The first-order valence-electron chi connectivity index (χ1n) is 6.02. The number of nitrogens with one attached hydrogen (secondary N) is 1. The predicted octanol–water partition coefficient (Wildman–Crippen LogP) is 3.28. The number of phenolic OH excluding ortho intramolecular Hbond substituents is 2. The number of anilines is 1. The molecular formula is C15H17NO3. The monoisotopic (exact) mass is 259 g/mol. The Kier molecular flexibility index (Phi) is 3.80. The number of aromatic hydroxyl groups is 2. The molecule has 1 atom stereocenters. The zero-order valence-electron chi connectivity index (χ0n) is 10.9. The van der Waals surface area contributed by atoms with Crippen LogP contribution in [-0.4, -0.2) is 17.3 Å². The van der Waals surface area contributed by atoms with Gasteiger partial charge in [-0.25, -0.2) is 0 Å². The minimum atomic E-state index is -0.0901. The SMILES string of the molecule is COc1cccc(NC(C)c2ccc(O)cc2O)c1. The molecule has 100 valence electrons. The fourth-order valence-corrected chi connectivity index (χ4v) is 1.94. The van der Waals surface area contributed by atoms with Crippen LogP contribution in [-0.2, 0) is 0 Å². The van der Waals surface area contributed by atoms with Crippen LogP contribution in [0.25, 0.3) is 0 Å². The quantitative estimate of drug-likeness (QED) is 0.788. The van der Waals surface area contributed by atoms with Crippen molar-refractivity contribution in [2.45, 2.75) is 13.0 Å². The van der Waals surface area contributed by atoms with Gasteiger partial charge in [0.25, 0.3) is 0 Å². The second-order valence-electron chi connectivity index (χ2n) is 4.34. The molecule has 2 rings (SSSR count). The second-order valence-corrected chi connectivity index (χ2v) is 4.34. The molecule has 3 N–H and O–H groups in total. The Morgan fingerprint density at radius 2 is 1.89 bits per heavy atom. The zero-order valence-corrected chi connectivity index (χ0v) is 10.9. The van der Waals surface area contributed by atoms with E-state index < -0.39 is 0 Å². The van der Waals surface area contributed by atoms with Crippen LogP contribution in [0.4, 0.5) is 5.69 Å². The number of benzene rings is 2. The van der Waals surface area contributed by atoms with Crippen molar-refractivity contribution in [3.8, 4) is 17.2 Å². The van der Waals surface area contributed by atoms with Gasteiger partial charge in [-0.1, -0.05) is 6.07 Å². The Morgan fingerprint density at radius 3 is 2.58 bits per heavy atom. The molecule has 4 heteroatoms. The fraction of sp³-hybridized carbons (Fsp3) is 0.200. The molecule has 2 aromatic carbocycles. The molecule has 0 radical (unpaired) electrons. The molecule has 2 aromatic rings. The molecular weight excluding hydrogens is 242 g/mol. The third-order valence-corrected chi connectivity index (χ3v) is 2.93. The minimum absolute atomic E-state index is 0.0508. The van der Waals surface area contributed by atoms with E-state index in [2.05, 4.69) is 5.32 Å². The lowest BCUT2D eigenvalue weighted by molar-refractivity contribution is 0.415. The van der Waals surface area contributed by atoms with Crippen LogP contribution >= 0.6 is 0 Å². The second kappa shape index (κ2) is 5.52. The van der Waals surface area contributed by atoms with Crippen molar-refractivity contribution in [3.05, 3.63) is 48.0 Å². The van der Waals surface area contributed by atoms with Crippen LogP contribution in [0.1, 0.15) is 18.5 Å². The first-order chi connectivity index (χ1) is 9.10. The lowest BCUT2D eigenvalue weighted by atomic mass is 10.1. The number of hydrogen-bond acceptors (Lipinski definition) is 4. The van der Waals surface area contributed by atoms with Crippen molar-refractivity contribution < 1.29 is 14.9 Å². The molecule has 0 aliphatic carbocycles. The Labute approximate surface area is 112 Å². The summed E-state index contributed by atoms with van der Waals surface area (Å²) in [5, 5.41) is 22.4. The molecule has 0 heterocycles. The molecule has 0 saturated carbocycles. The zero-order chi connectivity index (χ0) is 13.8. The van der Waals surface area contributed by atoms with Gasteiger partial charge in [-0.2, -0.15) is 0 Å². The van der Waals surface area contributed by atoms with Gasteiger partial charge in [0.15, 0.2) is 0 Å². The standard InChI is InChI=1S/C15H17NO3/c1-10(14-7-6-12(17)9-15(14)18)16-11-4-3-5-13(8-11)19-2/h3-10,16-18H,1-2H3. The topological polar surface area (TPSA) is 61.7 Å². The largest absolute Gasteiger partial charge is 0.508 e. The van der Waals surface area contributed by atoms with Gasteiger partial charge in [-0.05, 0) is 31.2 Å². The summed E-state index contributed by atoms with van der Waals surface area (Å²) in [6.45, 7) is 1.94. The van der Waals surface area contributed by atoms with E-state index in [1.54, 1.807) is 19.2 Å². The van der Waals surface area contributed by atoms with E-state index in [0.717, 1.165) is 17.0 Å². The summed E-state index contributed by atoms with van der Waals surface area (Å²) >= 11 is 0. The van der Waals surface area contributed by atoms with Crippen LogP contribution in [0.15, 0.2) is 42.5 Å². The van der Waals surface area contributed by atoms with Gasteiger partial charge in [0.2, 0.25) is 0 Å². The lowest BCUT2D eigenvalue weighted by Crippen LogP contribution is -2.06. The van der Waals surface area contributed by atoms with E-state index in [1.165, 1.54) is 6.07 Å². The maximum Gasteiger partial charge on any atom is 0.124 e. The number of hydrogen-bond donors (Lipinski definition) is 3. The summed E-state index contributed by atoms with van der Waals surface area (Å²) < 4.78 is 5.16. The summed E-state index contributed by atoms with van der Waals surface area (Å²) in [6, 6.07) is 12.1. The molecule has 19 heavy (non-hydrogen) atoms. The fourth-order valence-electron chi connectivity index (χ4n) is 1.94. The summed E-state index contributed by atoms with van der Waals surface area (Å²) in [4.78, 5) is 0. The Hall–Kier alpha value is -2.36. The van der Waals surface area contributed by atoms with Gasteiger partial charge in [0, 0.05) is 23.4 Å². The van der Waals surface area contributed by atoms with Gasteiger partial charge in [0.05, 0.1) is 13.2 Å². The Morgan fingerprint density at radius 1 is 1.11 bits per heavy atom. The highest BCUT2D eigenvalue weighted by Crippen LogP contribution is 2.30. The molecule has 0 fully saturated rings. The molecule has 0 aliphatic rings. The summed E-state index contributed by atoms with van der Waals surface area (Å²) in [7, 11) is 1.62. The molecule has 0 spiro atoms. The van der Waals surface area contributed by atoms with Gasteiger partial charge >= 0.3 is 0 Å². The normalized spacial score (nSPS) is 11.9. The number of phenols is 2. The van der Waals surface area contributed by atoms with E-state index in [9.17, 15) is 10.2 Å². The minimum Gasteiger partial charge on any atom is -0.508 e. The maximum absolute atomic E-state index is 9.82. The molecule has 0 saturated heterocycles. The molecule has 4 nitrogen and oxygen atoms in total. The highest BCUT2D eigenvalue weighted by Gasteiger charge is 2.11. The van der Waals surface area contributed by atoms with Crippen molar-refractivity contribution in [1.82, 2.24) is 0 Å². The van der Waals surface area contributed by atoms with E-state index in [4.69, 9.17) is 4.74 Å². The van der Waals surface area contributed by atoms with Crippen LogP contribution in [0.5, 0.6) is 17.2 Å². The lowest BCUT2D eigenvalue weighted by Gasteiger charge is -2.17. The highest BCUT2D eigenvalue weighted by molar-refractivity contribution is 5.51. The molecule has 0 amide bonds. The molecule has 0 bridgehead atoms. The first-order valence-corrected chi connectivity index (χ1v) is 6.02. The smallest absolute Gasteiger partial charge is 0.124 e. The summed E-state index contributed by atoms with van der Waals surface area (Å²) in [6.07, 6.45) is 0. The van der Waals surface area contributed by atoms with Crippen molar-refractivity contribution in [2.24, 2.45) is 0 Å². The van der Waals surface area contributed by atoms with E-state index in [-0.39, 0.29) is 17.5 Å². The van der Waals surface area contributed by atoms with Crippen molar-refractivity contribution in [2.75, 3.05) is 12.4 Å². The number of rotatable bonds is 4. The third-order valence-electron chi connectivity index (χ3n) is 2.93. The van der Waals surface area contributed by atoms with Crippen LogP contribution in [0.3, 0.4) is 0 Å². The predicted molar refractivity (Wildman–Crippen MR) is 74.8 cm³/mol. The van der Waals surface area contributed by atoms with Crippen molar-refractivity contribution in [3.63, 3.8) is 0 Å². The van der Waals surface area contributed by atoms with Gasteiger partial charge in [-0.15, -0.1) is 0 Å². The maximum atomic E-state index is 9.82. The van der Waals surface area contributed by atoms with Crippen LogP contribution in [0.2, 0.25) is 0 Å². The van der Waals surface area contributed by atoms with Gasteiger partial charge in [-0.3, -0.25) is 0 Å². The van der Waals surface area contributed by atoms with Gasteiger partial charge in [0.1, 0.15) is 17.2 Å². The van der Waals surface area contributed by atoms with E-state index >= 15 is 0 Å². The van der Waals surface area contributed by atoms with Crippen LogP contribution in [0, 0.1) is 0 Å². The van der Waals surface area contributed by atoms with Crippen LogP contribution < -0.4 is 10.1 Å². The van der Waals surface area contributed by atoms with E-state index in [1.807, 2.05) is 31.2 Å². The molecule has 0 aromatic heterocycles. The summed E-state index contributed by atoms with van der Waals surface area (Å²) in [5.41, 5.74) is 1.62.